The molecule has 2 N–H and O–H groups in total. The van der Waals surface area contributed by atoms with E-state index in [1.165, 1.54) is 0 Å². The molecular weight excluding hydrogens is 480 g/mol. The molecule has 0 heterocycles. The molecule has 1 aliphatic carbocycles. The number of carbonyl (C=O) groups is 2. The summed E-state index contributed by atoms with van der Waals surface area (Å²) in [5.74, 6) is -2.93. The molecule has 0 saturated carbocycles. The lowest BCUT2D eigenvalue weighted by Crippen LogP contribution is -2.52. The first-order valence-corrected chi connectivity index (χ1v) is 12.8. The molecule has 0 unspecified atom stereocenters. The molecule has 202 valence electrons. The molecule has 0 saturated heterocycles. The molecule has 0 bridgehead atoms. The first-order chi connectivity index (χ1) is 16.4. The quantitative estimate of drug-likeness (QED) is 0.379. The molecule has 8 heteroatoms. The molecule has 7 nitrogen and oxygen atoms in total. The number of hydrogen-bond donors (Lipinski definition) is 2. The third-order valence-electron chi connectivity index (χ3n) is 5.80. The highest BCUT2D eigenvalue weighted by Crippen LogP contribution is 2.48. The van der Waals surface area contributed by atoms with Gasteiger partial charge in [-0.2, -0.15) is 0 Å². The second kappa shape index (κ2) is 11.5. The van der Waals surface area contributed by atoms with E-state index in [4.69, 9.17) is 21.1 Å². The van der Waals surface area contributed by atoms with Crippen LogP contribution in [0.5, 0.6) is 0 Å². The van der Waals surface area contributed by atoms with Gasteiger partial charge in [0.1, 0.15) is 11.2 Å². The van der Waals surface area contributed by atoms with Crippen LogP contribution in [0.25, 0.3) is 0 Å². The van der Waals surface area contributed by atoms with Gasteiger partial charge in [0.05, 0.1) is 17.1 Å². The molecule has 1 aliphatic rings. The summed E-state index contributed by atoms with van der Waals surface area (Å²) in [5, 5.41) is 15.6. The van der Waals surface area contributed by atoms with E-state index in [-0.39, 0.29) is 6.42 Å². The number of benzene rings is 1. The van der Waals surface area contributed by atoms with Crippen molar-refractivity contribution in [1.29, 1.82) is 0 Å². The second-order valence-electron chi connectivity index (χ2n) is 12.1. The molecule has 0 radical (unpaired) electrons. The maximum absolute atomic E-state index is 13.7. The first kappa shape index (κ1) is 30.1. The standard InChI is InChI=1S/C28H43ClN2O5/c1-26(2,3)35-24(32)22-20(30-15-10-16-31(8)9)17-28(7,34)23(25(33)36-27(4,5)6)21(22)18-11-13-19(29)14-12-18/h11-14,21,23,30,34H,10,15-17H2,1-9H3/t21-,23-,28+/m1/s1. The van der Waals surface area contributed by atoms with E-state index in [2.05, 4.69) is 10.2 Å². The minimum Gasteiger partial charge on any atom is -0.460 e. The van der Waals surface area contributed by atoms with Crippen LogP contribution in [0.15, 0.2) is 35.5 Å². The minimum atomic E-state index is -1.48. The molecule has 0 amide bonds. The van der Waals surface area contributed by atoms with E-state index >= 15 is 0 Å². The monoisotopic (exact) mass is 522 g/mol. The highest BCUT2D eigenvalue weighted by molar-refractivity contribution is 6.30. The number of nitrogens with one attached hydrogen (secondary N) is 1. The van der Waals surface area contributed by atoms with E-state index in [1.807, 2.05) is 14.1 Å². The fourth-order valence-electron chi connectivity index (χ4n) is 4.44. The Morgan fingerprint density at radius 2 is 1.64 bits per heavy atom. The molecule has 0 spiro atoms. The SMILES string of the molecule is CN(C)CCCNC1=C(C(=O)OC(C)(C)C)[C@@H](c2ccc(Cl)cc2)[C@H](C(=O)OC(C)(C)C)[C@@](C)(O)C1. The predicted molar refractivity (Wildman–Crippen MR) is 143 cm³/mol. The van der Waals surface area contributed by atoms with Crippen LogP contribution in [0.3, 0.4) is 0 Å². The Balaban J connectivity index is 2.70. The zero-order valence-electron chi connectivity index (χ0n) is 23.2. The fourth-order valence-corrected chi connectivity index (χ4v) is 4.56. The summed E-state index contributed by atoms with van der Waals surface area (Å²) in [5.41, 5.74) is -1.41. The number of aliphatic hydroxyl groups is 1. The van der Waals surface area contributed by atoms with Gasteiger partial charge in [0.2, 0.25) is 0 Å². The maximum Gasteiger partial charge on any atom is 0.336 e. The lowest BCUT2D eigenvalue weighted by atomic mass is 9.65. The molecule has 3 atom stereocenters. The van der Waals surface area contributed by atoms with Crippen molar-refractivity contribution in [2.75, 3.05) is 27.2 Å². The normalized spacial score (nSPS) is 23.0. The first-order valence-electron chi connectivity index (χ1n) is 12.5. The van der Waals surface area contributed by atoms with Gasteiger partial charge in [-0.05, 0) is 93.2 Å². The Labute approximate surface area is 221 Å². The molecular formula is C28H43ClN2O5. The maximum atomic E-state index is 13.7. The molecule has 2 rings (SSSR count). The van der Waals surface area contributed by atoms with Gasteiger partial charge >= 0.3 is 11.9 Å². The summed E-state index contributed by atoms with van der Waals surface area (Å²) in [6.45, 7) is 13.8. The van der Waals surface area contributed by atoms with Gasteiger partial charge in [-0.1, -0.05) is 23.7 Å². The zero-order valence-corrected chi connectivity index (χ0v) is 24.0. The highest BCUT2D eigenvalue weighted by Gasteiger charge is 2.53. The Hall–Kier alpha value is -2.09. The number of halogens is 1. The van der Waals surface area contributed by atoms with Gasteiger partial charge in [0.25, 0.3) is 0 Å². The summed E-state index contributed by atoms with van der Waals surface area (Å²) in [4.78, 5) is 29.3. The van der Waals surface area contributed by atoms with Crippen molar-refractivity contribution in [3.8, 4) is 0 Å². The number of hydrogen-bond acceptors (Lipinski definition) is 7. The molecule has 0 aromatic heterocycles. The van der Waals surface area contributed by atoms with Gasteiger partial charge in [0.15, 0.2) is 0 Å². The number of esters is 2. The summed E-state index contributed by atoms with van der Waals surface area (Å²) < 4.78 is 11.6. The molecule has 1 aromatic rings. The van der Waals surface area contributed by atoms with E-state index in [0.29, 0.717) is 28.4 Å². The average molecular weight is 523 g/mol. The lowest BCUT2D eigenvalue weighted by molar-refractivity contribution is -0.171. The van der Waals surface area contributed by atoms with Crippen LogP contribution in [-0.4, -0.2) is 65.9 Å². The predicted octanol–water partition coefficient (Wildman–Crippen LogP) is 4.67. The van der Waals surface area contributed by atoms with Gasteiger partial charge in [-0.25, -0.2) is 4.79 Å². The second-order valence-corrected chi connectivity index (χ2v) is 12.5. The van der Waals surface area contributed by atoms with Gasteiger partial charge in [0, 0.05) is 29.6 Å². The summed E-state index contributed by atoms with van der Waals surface area (Å²) >= 11 is 6.16. The van der Waals surface area contributed by atoms with Crippen LogP contribution < -0.4 is 5.32 Å². The van der Waals surface area contributed by atoms with Gasteiger partial charge in [-0.15, -0.1) is 0 Å². The molecule has 0 aliphatic heterocycles. The van der Waals surface area contributed by atoms with E-state index in [1.54, 1.807) is 72.7 Å². The number of carbonyl (C=O) groups excluding carboxylic acids is 2. The zero-order chi connectivity index (χ0) is 27.5. The van der Waals surface area contributed by atoms with Crippen molar-refractivity contribution in [1.82, 2.24) is 10.2 Å². The van der Waals surface area contributed by atoms with Crippen LogP contribution in [-0.2, 0) is 19.1 Å². The van der Waals surface area contributed by atoms with Crippen molar-refractivity contribution in [3.05, 3.63) is 46.1 Å². The topological polar surface area (TPSA) is 88.1 Å². The van der Waals surface area contributed by atoms with Crippen molar-refractivity contribution in [2.45, 2.75) is 84.0 Å². The molecule has 1 aromatic carbocycles. The van der Waals surface area contributed by atoms with Gasteiger partial charge in [-0.3, -0.25) is 4.79 Å². The number of nitrogens with zero attached hydrogens (tertiary/aromatic N) is 1. The van der Waals surface area contributed by atoms with Crippen molar-refractivity contribution < 1.29 is 24.2 Å². The largest absolute Gasteiger partial charge is 0.460 e. The van der Waals surface area contributed by atoms with E-state index in [0.717, 1.165) is 13.0 Å². The average Bonchev–Trinajstić information content (AvgIpc) is 2.67. The van der Waals surface area contributed by atoms with Crippen LogP contribution >= 0.6 is 11.6 Å². The summed E-state index contributed by atoms with van der Waals surface area (Å²) in [7, 11) is 4.00. The number of ether oxygens (including phenoxy) is 2. The Morgan fingerprint density at radius 3 is 2.14 bits per heavy atom. The Morgan fingerprint density at radius 1 is 1.08 bits per heavy atom. The fraction of sp³-hybridized carbons (Fsp3) is 0.643. The molecule has 0 fully saturated rings. The van der Waals surface area contributed by atoms with Crippen LogP contribution in [0.1, 0.15) is 72.8 Å². The third kappa shape index (κ3) is 8.49. The highest BCUT2D eigenvalue weighted by atomic mass is 35.5. The van der Waals surface area contributed by atoms with E-state index in [9.17, 15) is 14.7 Å². The lowest BCUT2D eigenvalue weighted by Gasteiger charge is -2.44. The van der Waals surface area contributed by atoms with Crippen LogP contribution in [0.2, 0.25) is 5.02 Å². The van der Waals surface area contributed by atoms with Crippen LogP contribution in [0, 0.1) is 5.92 Å². The third-order valence-corrected chi connectivity index (χ3v) is 6.06. The number of rotatable bonds is 8. The summed E-state index contributed by atoms with van der Waals surface area (Å²) in [6.07, 6.45) is 0.916. The van der Waals surface area contributed by atoms with E-state index < -0.39 is 40.6 Å². The van der Waals surface area contributed by atoms with Crippen molar-refractivity contribution in [2.24, 2.45) is 5.92 Å². The van der Waals surface area contributed by atoms with Gasteiger partial charge < -0.3 is 24.8 Å². The minimum absolute atomic E-state index is 0.0809. The molecule has 36 heavy (non-hydrogen) atoms. The summed E-state index contributed by atoms with van der Waals surface area (Å²) in [6, 6.07) is 6.98. The van der Waals surface area contributed by atoms with Crippen molar-refractivity contribution in [3.63, 3.8) is 0 Å². The Bertz CT molecular complexity index is 956. The smallest absolute Gasteiger partial charge is 0.336 e. The van der Waals surface area contributed by atoms with Crippen LogP contribution in [0.4, 0.5) is 0 Å². The Kier molecular flexibility index (Phi) is 9.65. The van der Waals surface area contributed by atoms with Crippen molar-refractivity contribution >= 4 is 23.5 Å².